The Kier molecular flexibility index (Phi) is 4.82. The predicted molar refractivity (Wildman–Crippen MR) is 91.0 cm³/mol. The molecule has 4 nitrogen and oxygen atoms in total. The van der Waals surface area contributed by atoms with E-state index in [0.717, 1.165) is 5.56 Å². The number of phenols is 1. The largest absolute Gasteiger partial charge is 0.507 e. The second-order valence-electron chi connectivity index (χ2n) is 5.50. The molecule has 4 heteroatoms. The topological polar surface area (TPSA) is 73.1 Å². The summed E-state index contributed by atoms with van der Waals surface area (Å²) in [5.41, 5.74) is 3.79. The molecule has 23 heavy (non-hydrogen) atoms. The van der Waals surface area contributed by atoms with Crippen LogP contribution in [0.25, 0.3) is 6.08 Å². The number of amides is 1. The van der Waals surface area contributed by atoms with Crippen LogP contribution in [0.15, 0.2) is 42.0 Å². The second kappa shape index (κ2) is 6.80. The van der Waals surface area contributed by atoms with E-state index in [1.54, 1.807) is 32.0 Å². The molecule has 0 heterocycles. The van der Waals surface area contributed by atoms with Gasteiger partial charge in [0.15, 0.2) is 0 Å². The molecule has 2 aromatic rings. The molecule has 0 aliphatic rings. The molecule has 2 aromatic carbocycles. The maximum Gasteiger partial charge on any atom is 0.266 e. The summed E-state index contributed by atoms with van der Waals surface area (Å²) >= 11 is 0. The summed E-state index contributed by atoms with van der Waals surface area (Å²) in [5.74, 6) is -0.230. The Hall–Kier alpha value is -3.06. The number of carbonyl (C=O) groups excluding carboxylic acids is 1. The van der Waals surface area contributed by atoms with E-state index in [1.165, 1.54) is 6.08 Å². The van der Waals surface area contributed by atoms with Gasteiger partial charge in [-0.3, -0.25) is 4.79 Å². The molecule has 0 aromatic heterocycles. The lowest BCUT2D eigenvalue weighted by Crippen LogP contribution is -2.13. The zero-order valence-electron chi connectivity index (χ0n) is 13.3. The molecule has 0 bridgehead atoms. The van der Waals surface area contributed by atoms with Gasteiger partial charge in [-0.1, -0.05) is 12.1 Å². The van der Waals surface area contributed by atoms with E-state index in [2.05, 4.69) is 5.32 Å². The van der Waals surface area contributed by atoms with E-state index in [9.17, 15) is 15.2 Å². The summed E-state index contributed by atoms with van der Waals surface area (Å²) in [4.78, 5) is 12.2. The van der Waals surface area contributed by atoms with Crippen molar-refractivity contribution in [3.05, 3.63) is 64.2 Å². The first-order valence-corrected chi connectivity index (χ1v) is 7.20. The van der Waals surface area contributed by atoms with Gasteiger partial charge < -0.3 is 10.4 Å². The van der Waals surface area contributed by atoms with Crippen molar-refractivity contribution in [2.75, 3.05) is 5.32 Å². The summed E-state index contributed by atoms with van der Waals surface area (Å²) in [6, 6.07) is 12.8. The van der Waals surface area contributed by atoms with E-state index in [1.807, 2.05) is 31.2 Å². The number of carbonyl (C=O) groups is 1. The van der Waals surface area contributed by atoms with Crippen molar-refractivity contribution in [2.24, 2.45) is 0 Å². The zero-order chi connectivity index (χ0) is 17.0. The van der Waals surface area contributed by atoms with Crippen LogP contribution in [-0.2, 0) is 4.79 Å². The van der Waals surface area contributed by atoms with Crippen molar-refractivity contribution in [3.8, 4) is 11.8 Å². The van der Waals surface area contributed by atoms with E-state index in [-0.39, 0.29) is 11.3 Å². The highest BCUT2D eigenvalue weighted by atomic mass is 16.3. The molecule has 2 rings (SSSR count). The molecule has 116 valence electrons. The van der Waals surface area contributed by atoms with Gasteiger partial charge in [-0.2, -0.15) is 5.26 Å². The fraction of sp³-hybridized carbons (Fsp3) is 0.158. The third-order valence-corrected chi connectivity index (χ3v) is 3.47. The number of aryl methyl sites for hydroxylation is 3. The highest BCUT2D eigenvalue weighted by Gasteiger charge is 2.10. The molecule has 0 aliphatic heterocycles. The number of benzene rings is 2. The highest BCUT2D eigenvalue weighted by molar-refractivity contribution is 6.09. The van der Waals surface area contributed by atoms with Gasteiger partial charge >= 0.3 is 0 Å². The van der Waals surface area contributed by atoms with Gasteiger partial charge in [-0.05, 0) is 73.4 Å². The van der Waals surface area contributed by atoms with Gasteiger partial charge in [0.25, 0.3) is 5.91 Å². The fourth-order valence-corrected chi connectivity index (χ4v) is 2.31. The van der Waals surface area contributed by atoms with Crippen LogP contribution in [0.3, 0.4) is 0 Å². The van der Waals surface area contributed by atoms with Gasteiger partial charge in [0.1, 0.15) is 17.4 Å². The van der Waals surface area contributed by atoms with Gasteiger partial charge in [-0.25, -0.2) is 0 Å². The molecule has 0 aliphatic carbocycles. The van der Waals surface area contributed by atoms with Crippen LogP contribution < -0.4 is 5.32 Å². The summed E-state index contributed by atoms with van der Waals surface area (Å²) in [5, 5.41) is 21.8. The van der Waals surface area contributed by atoms with Crippen LogP contribution in [0.1, 0.15) is 22.3 Å². The number of nitriles is 1. The molecule has 0 spiro atoms. The maximum absolute atomic E-state index is 12.2. The summed E-state index contributed by atoms with van der Waals surface area (Å²) in [6.45, 7) is 5.48. The first-order chi connectivity index (χ1) is 10.9. The van der Waals surface area contributed by atoms with Crippen molar-refractivity contribution in [1.29, 1.82) is 5.26 Å². The minimum atomic E-state index is -0.457. The number of aromatic hydroxyl groups is 1. The Labute approximate surface area is 135 Å². The minimum absolute atomic E-state index is 0.0102. The molecule has 0 unspecified atom stereocenters. The number of nitrogens with one attached hydrogen (secondary N) is 1. The highest BCUT2D eigenvalue weighted by Crippen LogP contribution is 2.24. The molecule has 0 saturated carbocycles. The minimum Gasteiger partial charge on any atom is -0.507 e. The standard InChI is InChI=1S/C19H18N2O2/c1-12-5-4-6-17(7-12)21-19(23)16(11-20)10-15-8-13(2)18(22)14(3)9-15/h4-10,22H,1-3H3,(H,21,23). The normalized spacial score (nSPS) is 11.0. The van der Waals surface area contributed by atoms with Crippen molar-refractivity contribution in [2.45, 2.75) is 20.8 Å². The Bertz CT molecular complexity index is 806. The Balaban J connectivity index is 2.28. The van der Waals surface area contributed by atoms with E-state index in [0.29, 0.717) is 22.4 Å². The molecule has 2 N–H and O–H groups in total. The number of hydrogen-bond acceptors (Lipinski definition) is 3. The van der Waals surface area contributed by atoms with Crippen molar-refractivity contribution in [1.82, 2.24) is 0 Å². The van der Waals surface area contributed by atoms with Crippen LogP contribution in [0.2, 0.25) is 0 Å². The van der Waals surface area contributed by atoms with Gasteiger partial charge in [-0.15, -0.1) is 0 Å². The summed E-state index contributed by atoms with van der Waals surface area (Å²) < 4.78 is 0. The van der Waals surface area contributed by atoms with Crippen molar-refractivity contribution in [3.63, 3.8) is 0 Å². The molecule has 0 atom stereocenters. The average molecular weight is 306 g/mol. The van der Waals surface area contributed by atoms with Gasteiger partial charge in [0, 0.05) is 5.69 Å². The summed E-state index contributed by atoms with van der Waals surface area (Å²) in [7, 11) is 0. The first kappa shape index (κ1) is 16.3. The second-order valence-corrected chi connectivity index (χ2v) is 5.50. The van der Waals surface area contributed by atoms with Crippen molar-refractivity contribution < 1.29 is 9.90 Å². The summed E-state index contributed by atoms with van der Waals surface area (Å²) in [6.07, 6.45) is 1.52. The molecule has 0 saturated heterocycles. The first-order valence-electron chi connectivity index (χ1n) is 7.20. The van der Waals surface area contributed by atoms with Gasteiger partial charge in [0.05, 0.1) is 0 Å². The van der Waals surface area contributed by atoms with E-state index >= 15 is 0 Å². The third kappa shape index (κ3) is 3.98. The van der Waals surface area contributed by atoms with Crippen LogP contribution in [0, 0.1) is 32.1 Å². The predicted octanol–water partition coefficient (Wildman–Crippen LogP) is 3.86. The molecule has 0 fully saturated rings. The van der Waals surface area contributed by atoms with Gasteiger partial charge in [0.2, 0.25) is 0 Å². The molecular weight excluding hydrogens is 288 g/mol. The third-order valence-electron chi connectivity index (χ3n) is 3.47. The van der Waals surface area contributed by atoms with E-state index in [4.69, 9.17) is 0 Å². The van der Waals surface area contributed by atoms with Crippen LogP contribution in [0.4, 0.5) is 5.69 Å². The quantitative estimate of drug-likeness (QED) is 0.668. The molecule has 0 radical (unpaired) electrons. The number of rotatable bonds is 3. The van der Waals surface area contributed by atoms with Crippen LogP contribution in [-0.4, -0.2) is 11.0 Å². The van der Waals surface area contributed by atoms with Crippen LogP contribution >= 0.6 is 0 Å². The average Bonchev–Trinajstić information content (AvgIpc) is 2.50. The number of phenolic OH excluding ortho intramolecular Hbond substituents is 1. The number of anilines is 1. The molecular formula is C19H18N2O2. The van der Waals surface area contributed by atoms with Crippen LogP contribution in [0.5, 0.6) is 5.75 Å². The van der Waals surface area contributed by atoms with Crippen molar-refractivity contribution >= 4 is 17.7 Å². The lowest BCUT2D eigenvalue weighted by Gasteiger charge is -2.07. The smallest absolute Gasteiger partial charge is 0.266 e. The molecule has 1 amide bonds. The SMILES string of the molecule is Cc1cccc(NC(=O)C(C#N)=Cc2cc(C)c(O)c(C)c2)c1. The number of nitrogens with zero attached hydrogens (tertiary/aromatic N) is 1. The lowest BCUT2D eigenvalue weighted by atomic mass is 10.0. The Morgan fingerprint density at radius 2 is 1.83 bits per heavy atom. The lowest BCUT2D eigenvalue weighted by molar-refractivity contribution is -0.112. The zero-order valence-corrected chi connectivity index (χ0v) is 13.3. The Morgan fingerprint density at radius 1 is 1.17 bits per heavy atom. The fourth-order valence-electron chi connectivity index (χ4n) is 2.31. The maximum atomic E-state index is 12.2. The monoisotopic (exact) mass is 306 g/mol. The van der Waals surface area contributed by atoms with E-state index < -0.39 is 5.91 Å². The number of hydrogen-bond donors (Lipinski definition) is 2. The Morgan fingerprint density at radius 3 is 2.39 bits per heavy atom.